The number of aromatic hydroxyl groups is 1. The highest BCUT2D eigenvalue weighted by Gasteiger charge is 2.19. The molecule has 0 spiro atoms. The van der Waals surface area contributed by atoms with E-state index in [9.17, 15) is 5.11 Å². The first-order chi connectivity index (χ1) is 7.80. The molecular formula is C15H24O2. The van der Waals surface area contributed by atoms with Gasteiger partial charge >= 0.3 is 0 Å². The number of phenolic OH excluding ortho intramolecular Hbond substituents is 1. The molecule has 0 unspecified atom stereocenters. The number of phenols is 1. The van der Waals surface area contributed by atoms with Crippen LogP contribution in [0.4, 0.5) is 0 Å². The van der Waals surface area contributed by atoms with E-state index in [-0.39, 0.29) is 5.60 Å². The summed E-state index contributed by atoms with van der Waals surface area (Å²) in [5, 5.41) is 10.1. The highest BCUT2D eigenvalue weighted by Crippen LogP contribution is 2.35. The molecule has 2 heteroatoms. The Labute approximate surface area is 105 Å². The predicted octanol–water partition coefficient (Wildman–Crippen LogP) is 4.00. The standard InChI is InChI=1S/C15H24O2/c1-7-11-12(8-2)14(16)10(3)9-13(11)17-15(4,5)6/h9,16H,7-8H2,1-6H3. The van der Waals surface area contributed by atoms with Crippen molar-refractivity contribution in [2.45, 2.75) is 60.0 Å². The average Bonchev–Trinajstić information content (AvgIpc) is 2.20. The molecule has 2 nitrogen and oxygen atoms in total. The van der Waals surface area contributed by atoms with Gasteiger partial charge in [-0.25, -0.2) is 0 Å². The zero-order valence-electron chi connectivity index (χ0n) is 11.8. The molecule has 96 valence electrons. The zero-order chi connectivity index (χ0) is 13.2. The van der Waals surface area contributed by atoms with E-state index in [4.69, 9.17) is 4.74 Å². The van der Waals surface area contributed by atoms with Crippen molar-refractivity contribution >= 4 is 0 Å². The summed E-state index contributed by atoms with van der Waals surface area (Å²) in [6.07, 6.45) is 1.71. The van der Waals surface area contributed by atoms with Crippen LogP contribution >= 0.6 is 0 Å². The summed E-state index contributed by atoms with van der Waals surface area (Å²) in [5.41, 5.74) is 2.83. The molecule has 0 bridgehead atoms. The molecule has 1 rings (SSSR count). The first-order valence-corrected chi connectivity index (χ1v) is 6.33. The molecule has 0 heterocycles. The summed E-state index contributed by atoms with van der Waals surface area (Å²) >= 11 is 0. The predicted molar refractivity (Wildman–Crippen MR) is 72.0 cm³/mol. The molecule has 1 aromatic rings. The molecule has 0 aliphatic heterocycles. The van der Waals surface area contributed by atoms with Crippen LogP contribution in [0.5, 0.6) is 11.5 Å². The van der Waals surface area contributed by atoms with Crippen molar-refractivity contribution in [1.82, 2.24) is 0 Å². The van der Waals surface area contributed by atoms with Crippen molar-refractivity contribution < 1.29 is 9.84 Å². The second-order valence-electron chi connectivity index (χ2n) is 5.42. The minimum atomic E-state index is -0.210. The first-order valence-electron chi connectivity index (χ1n) is 6.33. The quantitative estimate of drug-likeness (QED) is 0.859. The molecule has 0 aliphatic rings. The maximum atomic E-state index is 10.1. The van der Waals surface area contributed by atoms with E-state index >= 15 is 0 Å². The largest absolute Gasteiger partial charge is 0.507 e. The van der Waals surface area contributed by atoms with E-state index in [1.807, 2.05) is 33.8 Å². The van der Waals surface area contributed by atoms with Gasteiger partial charge in [-0.2, -0.15) is 0 Å². The highest BCUT2D eigenvalue weighted by atomic mass is 16.5. The van der Waals surface area contributed by atoms with Crippen molar-refractivity contribution in [1.29, 1.82) is 0 Å². The lowest BCUT2D eigenvalue weighted by Crippen LogP contribution is -2.24. The van der Waals surface area contributed by atoms with Crippen LogP contribution in [0.15, 0.2) is 6.07 Å². The maximum Gasteiger partial charge on any atom is 0.124 e. The summed E-state index contributed by atoms with van der Waals surface area (Å²) in [7, 11) is 0. The smallest absolute Gasteiger partial charge is 0.124 e. The minimum Gasteiger partial charge on any atom is -0.507 e. The number of hydrogen-bond donors (Lipinski definition) is 1. The van der Waals surface area contributed by atoms with Crippen LogP contribution < -0.4 is 4.74 Å². The number of benzene rings is 1. The van der Waals surface area contributed by atoms with Gasteiger partial charge in [-0.15, -0.1) is 0 Å². The molecule has 17 heavy (non-hydrogen) atoms. The van der Waals surface area contributed by atoms with Crippen LogP contribution in [0.1, 0.15) is 51.3 Å². The van der Waals surface area contributed by atoms with Crippen molar-refractivity contribution in [3.05, 3.63) is 22.8 Å². The number of ether oxygens (including phenoxy) is 1. The van der Waals surface area contributed by atoms with Crippen LogP contribution in [0.2, 0.25) is 0 Å². The Morgan fingerprint density at radius 1 is 1.12 bits per heavy atom. The summed E-state index contributed by atoms with van der Waals surface area (Å²) in [5.74, 6) is 1.33. The van der Waals surface area contributed by atoms with Gasteiger partial charge in [0.25, 0.3) is 0 Å². The third-order valence-electron chi connectivity index (χ3n) is 2.79. The number of rotatable bonds is 3. The van der Waals surface area contributed by atoms with Gasteiger partial charge in [-0.05, 0) is 52.2 Å². The lowest BCUT2D eigenvalue weighted by atomic mass is 9.97. The molecule has 0 amide bonds. The summed E-state index contributed by atoms with van der Waals surface area (Å²) < 4.78 is 5.99. The van der Waals surface area contributed by atoms with Gasteiger partial charge in [0.05, 0.1) is 0 Å². The van der Waals surface area contributed by atoms with Crippen LogP contribution in [-0.2, 0) is 12.8 Å². The lowest BCUT2D eigenvalue weighted by molar-refractivity contribution is 0.129. The zero-order valence-corrected chi connectivity index (χ0v) is 11.8. The lowest BCUT2D eigenvalue weighted by Gasteiger charge is -2.25. The van der Waals surface area contributed by atoms with E-state index < -0.39 is 0 Å². The maximum absolute atomic E-state index is 10.1. The van der Waals surface area contributed by atoms with Crippen LogP contribution in [0.25, 0.3) is 0 Å². The van der Waals surface area contributed by atoms with E-state index in [0.29, 0.717) is 5.75 Å². The fourth-order valence-corrected chi connectivity index (χ4v) is 2.07. The number of aryl methyl sites for hydroxylation is 1. The molecule has 0 aliphatic carbocycles. The fourth-order valence-electron chi connectivity index (χ4n) is 2.07. The molecule has 0 radical (unpaired) electrons. The molecule has 1 aromatic carbocycles. The highest BCUT2D eigenvalue weighted by molar-refractivity contribution is 5.52. The normalized spacial score (nSPS) is 11.6. The van der Waals surface area contributed by atoms with Crippen molar-refractivity contribution in [2.75, 3.05) is 0 Å². The SMILES string of the molecule is CCc1c(OC(C)(C)C)cc(C)c(O)c1CC. The van der Waals surface area contributed by atoms with Gasteiger partial charge in [0, 0.05) is 11.1 Å². The van der Waals surface area contributed by atoms with Crippen LogP contribution in [-0.4, -0.2) is 10.7 Å². The first kappa shape index (κ1) is 13.9. The van der Waals surface area contributed by atoms with Gasteiger partial charge in [-0.1, -0.05) is 13.8 Å². The molecule has 0 fully saturated rings. The third kappa shape index (κ3) is 3.15. The topological polar surface area (TPSA) is 29.5 Å². The van der Waals surface area contributed by atoms with Crippen LogP contribution in [0, 0.1) is 6.92 Å². The van der Waals surface area contributed by atoms with Crippen molar-refractivity contribution in [3.8, 4) is 11.5 Å². The monoisotopic (exact) mass is 236 g/mol. The molecular weight excluding hydrogens is 212 g/mol. The number of hydrogen-bond acceptors (Lipinski definition) is 2. The Balaban J connectivity index is 3.34. The Kier molecular flexibility index (Phi) is 4.07. The Morgan fingerprint density at radius 2 is 1.65 bits per heavy atom. The molecule has 0 saturated carbocycles. The average molecular weight is 236 g/mol. The van der Waals surface area contributed by atoms with E-state index in [2.05, 4.69) is 13.8 Å². The Morgan fingerprint density at radius 3 is 2.06 bits per heavy atom. The fraction of sp³-hybridized carbons (Fsp3) is 0.600. The molecule has 0 atom stereocenters. The van der Waals surface area contributed by atoms with E-state index in [1.165, 1.54) is 0 Å². The van der Waals surface area contributed by atoms with Crippen molar-refractivity contribution in [2.24, 2.45) is 0 Å². The van der Waals surface area contributed by atoms with E-state index in [1.54, 1.807) is 0 Å². The van der Waals surface area contributed by atoms with Gasteiger partial charge < -0.3 is 9.84 Å². The Hall–Kier alpha value is -1.18. The Bertz CT molecular complexity index is 400. The van der Waals surface area contributed by atoms with Crippen LogP contribution in [0.3, 0.4) is 0 Å². The summed E-state index contributed by atoms with van der Waals surface area (Å²) in [6, 6.07) is 1.94. The summed E-state index contributed by atoms with van der Waals surface area (Å²) in [6.45, 7) is 12.2. The molecule has 0 saturated heterocycles. The van der Waals surface area contributed by atoms with Gasteiger partial charge in [-0.3, -0.25) is 0 Å². The minimum absolute atomic E-state index is 0.210. The second kappa shape index (κ2) is 4.99. The van der Waals surface area contributed by atoms with Gasteiger partial charge in [0.15, 0.2) is 0 Å². The second-order valence-corrected chi connectivity index (χ2v) is 5.42. The molecule has 0 aromatic heterocycles. The van der Waals surface area contributed by atoms with Gasteiger partial charge in [0.2, 0.25) is 0 Å². The third-order valence-corrected chi connectivity index (χ3v) is 2.79. The summed E-state index contributed by atoms with van der Waals surface area (Å²) in [4.78, 5) is 0. The van der Waals surface area contributed by atoms with Gasteiger partial charge in [0.1, 0.15) is 17.1 Å². The van der Waals surface area contributed by atoms with Crippen molar-refractivity contribution in [3.63, 3.8) is 0 Å². The molecule has 1 N–H and O–H groups in total. The van der Waals surface area contributed by atoms with E-state index in [0.717, 1.165) is 35.3 Å².